The van der Waals surface area contributed by atoms with E-state index in [-0.39, 0.29) is 6.42 Å². The Morgan fingerprint density at radius 2 is 2.33 bits per heavy atom. The molecule has 0 aliphatic heterocycles. The van der Waals surface area contributed by atoms with Crippen LogP contribution < -0.4 is 0 Å². The number of carboxylic acids is 1. The smallest absolute Gasteiger partial charge is 0.305 e. The van der Waals surface area contributed by atoms with Gasteiger partial charge in [0.1, 0.15) is 11.2 Å². The Kier molecular flexibility index (Phi) is 2.65. The van der Waals surface area contributed by atoms with E-state index < -0.39 is 10.8 Å². The lowest BCUT2D eigenvalue weighted by Crippen LogP contribution is -2.22. The molecule has 0 aromatic rings. The lowest BCUT2D eigenvalue weighted by molar-refractivity contribution is -0.138. The molecular weight excluding hydrogens is 144 g/mol. The fourth-order valence-corrected chi connectivity index (χ4v) is 0.452. The summed E-state index contributed by atoms with van der Waals surface area (Å²) in [7, 11) is 0. The van der Waals surface area contributed by atoms with Gasteiger partial charge in [-0.3, -0.25) is 4.79 Å². The molecule has 1 N–H and O–H groups in total. The van der Waals surface area contributed by atoms with Gasteiger partial charge in [0, 0.05) is 0 Å². The third kappa shape index (κ3) is 3.97. The van der Waals surface area contributed by atoms with Gasteiger partial charge in [-0.05, 0) is 6.92 Å². The molecule has 0 bridgehead atoms. The van der Waals surface area contributed by atoms with Gasteiger partial charge in [-0.1, -0.05) is 0 Å². The number of hydrogen-bond donors (Lipinski definition) is 1. The van der Waals surface area contributed by atoms with Crippen LogP contribution in [-0.4, -0.2) is 22.2 Å². The zero-order valence-electron chi connectivity index (χ0n) is 4.93. The van der Waals surface area contributed by atoms with Gasteiger partial charge in [0.15, 0.2) is 0 Å². The maximum Gasteiger partial charge on any atom is 0.305 e. The summed E-state index contributed by atoms with van der Waals surface area (Å²) in [5.74, 6) is -1.07. The van der Waals surface area contributed by atoms with Gasteiger partial charge in [0.05, 0.1) is 6.42 Å². The molecule has 0 fully saturated rings. The standard InChI is InChI=1S/C5H7ClO3/c1-5(6,3-7)2-4(8)9/h3H,2H2,1H3,(H,8,9). The first-order valence-electron chi connectivity index (χ1n) is 2.35. The van der Waals surface area contributed by atoms with E-state index >= 15 is 0 Å². The van der Waals surface area contributed by atoms with Crippen molar-refractivity contribution >= 4 is 23.9 Å². The third-order valence-corrected chi connectivity index (χ3v) is 0.965. The summed E-state index contributed by atoms with van der Waals surface area (Å²) in [5.41, 5.74) is 0. The molecule has 0 rings (SSSR count). The lowest BCUT2D eigenvalue weighted by atomic mass is 10.1. The van der Waals surface area contributed by atoms with Crippen LogP contribution in [0.2, 0.25) is 0 Å². The van der Waals surface area contributed by atoms with Gasteiger partial charge in [0.2, 0.25) is 0 Å². The molecule has 0 amide bonds. The van der Waals surface area contributed by atoms with E-state index in [1.54, 1.807) is 0 Å². The lowest BCUT2D eigenvalue weighted by Gasteiger charge is -2.08. The number of aldehydes is 1. The Bertz CT molecular complexity index is 130. The van der Waals surface area contributed by atoms with Crippen LogP contribution in [0.1, 0.15) is 13.3 Å². The predicted octanol–water partition coefficient (Wildman–Crippen LogP) is 0.657. The molecule has 0 aromatic carbocycles. The van der Waals surface area contributed by atoms with Crippen LogP contribution in [0.4, 0.5) is 0 Å². The van der Waals surface area contributed by atoms with Gasteiger partial charge in [0.25, 0.3) is 0 Å². The maximum absolute atomic E-state index is 9.97. The molecule has 0 saturated heterocycles. The highest BCUT2D eigenvalue weighted by atomic mass is 35.5. The van der Waals surface area contributed by atoms with Gasteiger partial charge in [-0.25, -0.2) is 0 Å². The molecule has 0 radical (unpaired) electrons. The molecule has 0 spiro atoms. The van der Waals surface area contributed by atoms with Crippen molar-refractivity contribution < 1.29 is 14.7 Å². The van der Waals surface area contributed by atoms with E-state index in [9.17, 15) is 9.59 Å². The molecule has 1 atom stereocenters. The molecule has 9 heavy (non-hydrogen) atoms. The van der Waals surface area contributed by atoms with Crippen LogP contribution >= 0.6 is 11.6 Å². The van der Waals surface area contributed by atoms with E-state index in [0.717, 1.165) is 0 Å². The molecule has 1 unspecified atom stereocenters. The molecule has 0 aliphatic rings. The van der Waals surface area contributed by atoms with Crippen molar-refractivity contribution in [2.45, 2.75) is 18.2 Å². The maximum atomic E-state index is 9.97. The number of carbonyl (C=O) groups excluding carboxylic acids is 1. The van der Waals surface area contributed by atoms with E-state index in [4.69, 9.17) is 16.7 Å². The van der Waals surface area contributed by atoms with Crippen LogP contribution in [0, 0.1) is 0 Å². The average molecular weight is 151 g/mol. The van der Waals surface area contributed by atoms with Crippen LogP contribution in [-0.2, 0) is 9.59 Å². The largest absolute Gasteiger partial charge is 0.481 e. The monoisotopic (exact) mass is 150 g/mol. The van der Waals surface area contributed by atoms with Crippen LogP contribution in [0.3, 0.4) is 0 Å². The Morgan fingerprint density at radius 3 is 2.44 bits per heavy atom. The zero-order valence-corrected chi connectivity index (χ0v) is 5.68. The number of rotatable bonds is 3. The summed E-state index contributed by atoms with van der Waals surface area (Å²) in [4.78, 5) is 18.7. The van der Waals surface area contributed by atoms with Crippen LogP contribution in [0.25, 0.3) is 0 Å². The summed E-state index contributed by atoms with van der Waals surface area (Å²) in [5, 5.41) is 8.14. The predicted molar refractivity (Wildman–Crippen MR) is 32.6 cm³/mol. The second kappa shape index (κ2) is 2.82. The second-order valence-electron chi connectivity index (χ2n) is 1.97. The summed E-state index contributed by atoms with van der Waals surface area (Å²) in [6.07, 6.45) is 0.0841. The van der Waals surface area contributed by atoms with Gasteiger partial charge < -0.3 is 9.90 Å². The number of hydrogen-bond acceptors (Lipinski definition) is 2. The molecular formula is C5H7ClO3. The van der Waals surface area contributed by atoms with Crippen molar-refractivity contribution in [1.29, 1.82) is 0 Å². The Balaban J connectivity index is 3.86. The number of halogens is 1. The minimum Gasteiger partial charge on any atom is -0.481 e. The Labute approximate surface area is 57.6 Å². The molecule has 52 valence electrons. The number of carboxylic acid groups (broad SMARTS) is 1. The zero-order chi connectivity index (χ0) is 7.49. The average Bonchev–Trinajstić information content (AvgIpc) is 1.63. The van der Waals surface area contributed by atoms with E-state index in [2.05, 4.69) is 0 Å². The molecule has 4 heteroatoms. The van der Waals surface area contributed by atoms with Crippen molar-refractivity contribution in [3.63, 3.8) is 0 Å². The fraction of sp³-hybridized carbons (Fsp3) is 0.600. The Hall–Kier alpha value is -0.570. The van der Waals surface area contributed by atoms with Crippen molar-refractivity contribution in [3.8, 4) is 0 Å². The normalized spacial score (nSPS) is 16.2. The first-order chi connectivity index (χ1) is 3.98. The van der Waals surface area contributed by atoms with Gasteiger partial charge in [-0.15, -0.1) is 11.6 Å². The summed E-state index contributed by atoms with van der Waals surface area (Å²) < 4.78 is 0. The molecule has 0 aliphatic carbocycles. The molecule has 0 saturated carbocycles. The molecule has 0 aromatic heterocycles. The quantitative estimate of drug-likeness (QED) is 0.475. The fourth-order valence-electron chi connectivity index (χ4n) is 0.337. The van der Waals surface area contributed by atoms with Crippen molar-refractivity contribution in [1.82, 2.24) is 0 Å². The third-order valence-electron chi connectivity index (χ3n) is 0.743. The van der Waals surface area contributed by atoms with Crippen molar-refractivity contribution in [3.05, 3.63) is 0 Å². The Morgan fingerprint density at radius 1 is 1.89 bits per heavy atom. The summed E-state index contributed by atoms with van der Waals surface area (Å²) in [6.45, 7) is 1.36. The van der Waals surface area contributed by atoms with Crippen LogP contribution in [0.15, 0.2) is 0 Å². The van der Waals surface area contributed by atoms with Crippen LogP contribution in [0.5, 0.6) is 0 Å². The van der Waals surface area contributed by atoms with Crippen molar-refractivity contribution in [2.75, 3.05) is 0 Å². The molecule has 3 nitrogen and oxygen atoms in total. The number of alkyl halides is 1. The highest BCUT2D eigenvalue weighted by Gasteiger charge is 2.22. The summed E-state index contributed by atoms with van der Waals surface area (Å²) in [6, 6.07) is 0. The van der Waals surface area contributed by atoms with E-state index in [1.165, 1.54) is 6.92 Å². The van der Waals surface area contributed by atoms with Crippen molar-refractivity contribution in [2.24, 2.45) is 0 Å². The minimum atomic E-state index is -1.24. The summed E-state index contributed by atoms with van der Waals surface area (Å²) >= 11 is 5.37. The first kappa shape index (κ1) is 8.43. The SMILES string of the molecule is CC(Cl)(C=O)CC(=O)O. The topological polar surface area (TPSA) is 54.4 Å². The van der Waals surface area contributed by atoms with Gasteiger partial charge >= 0.3 is 5.97 Å². The highest BCUT2D eigenvalue weighted by molar-refractivity contribution is 6.32. The van der Waals surface area contributed by atoms with E-state index in [0.29, 0.717) is 6.29 Å². The first-order valence-corrected chi connectivity index (χ1v) is 2.73. The number of aliphatic carboxylic acids is 1. The highest BCUT2D eigenvalue weighted by Crippen LogP contribution is 2.14. The second-order valence-corrected chi connectivity index (χ2v) is 2.83. The van der Waals surface area contributed by atoms with E-state index in [1.807, 2.05) is 0 Å². The minimum absolute atomic E-state index is 0.335. The molecule has 0 heterocycles. The van der Waals surface area contributed by atoms with Gasteiger partial charge in [-0.2, -0.15) is 0 Å². The number of carbonyl (C=O) groups is 2.